The van der Waals surface area contributed by atoms with Gasteiger partial charge in [-0.2, -0.15) is 13.2 Å². The summed E-state index contributed by atoms with van der Waals surface area (Å²) in [5, 5.41) is 13.0. The number of aliphatic carboxylic acids is 1. The Kier molecular flexibility index (Phi) is 5.90. The van der Waals surface area contributed by atoms with Gasteiger partial charge < -0.3 is 10.4 Å². The van der Waals surface area contributed by atoms with Gasteiger partial charge in [0, 0.05) is 24.0 Å². The minimum absolute atomic E-state index is 0.132. The van der Waals surface area contributed by atoms with Crippen LogP contribution in [0.3, 0.4) is 0 Å². The Bertz CT molecular complexity index is 1080. The summed E-state index contributed by atoms with van der Waals surface area (Å²) < 4.78 is 38.6. The van der Waals surface area contributed by atoms with Crippen LogP contribution in [-0.4, -0.2) is 26.0 Å². The molecule has 3 aromatic rings. The average Bonchev–Trinajstić information content (AvgIpc) is 3.24. The van der Waals surface area contributed by atoms with E-state index in [2.05, 4.69) is 20.3 Å². The number of anilines is 2. The molecule has 2 heterocycles. The lowest BCUT2D eigenvalue weighted by atomic mass is 9.82. The van der Waals surface area contributed by atoms with Gasteiger partial charge in [-0.25, -0.2) is 15.0 Å². The van der Waals surface area contributed by atoms with E-state index in [9.17, 15) is 18.0 Å². The monoisotopic (exact) mass is 448 g/mol. The zero-order valence-corrected chi connectivity index (χ0v) is 17.1. The minimum atomic E-state index is -4.54. The van der Waals surface area contributed by atoms with Crippen molar-refractivity contribution in [2.45, 2.75) is 37.8 Å². The molecule has 0 atom stereocenters. The van der Waals surface area contributed by atoms with E-state index in [1.54, 1.807) is 29.7 Å². The van der Waals surface area contributed by atoms with Gasteiger partial charge in [0.1, 0.15) is 5.69 Å². The highest BCUT2D eigenvalue weighted by Gasteiger charge is 2.33. The molecule has 1 aliphatic carbocycles. The van der Waals surface area contributed by atoms with Crippen LogP contribution in [0.4, 0.5) is 24.8 Å². The molecule has 0 aliphatic heterocycles. The lowest BCUT2D eigenvalue weighted by Gasteiger charge is -2.24. The molecule has 1 aliphatic rings. The highest BCUT2D eigenvalue weighted by atomic mass is 32.1. The number of hydrogen-bond donors (Lipinski definition) is 2. The molecule has 162 valence electrons. The zero-order valence-electron chi connectivity index (χ0n) is 16.3. The molecule has 10 heteroatoms. The summed E-state index contributed by atoms with van der Waals surface area (Å²) >= 11 is 1.56. The summed E-state index contributed by atoms with van der Waals surface area (Å²) in [6, 6.07) is 8.05. The van der Waals surface area contributed by atoms with E-state index < -0.39 is 17.8 Å². The first kappa shape index (κ1) is 21.2. The maximum atomic E-state index is 12.9. The summed E-state index contributed by atoms with van der Waals surface area (Å²) in [7, 11) is 0. The molecule has 2 aromatic heterocycles. The van der Waals surface area contributed by atoms with Crippen molar-refractivity contribution in [1.82, 2.24) is 15.0 Å². The molecular formula is C21H19F3N4O2S. The van der Waals surface area contributed by atoms with Gasteiger partial charge >= 0.3 is 12.1 Å². The lowest BCUT2D eigenvalue weighted by Crippen LogP contribution is -2.20. The lowest BCUT2D eigenvalue weighted by molar-refractivity contribution is -0.143. The fraction of sp³-hybridized carbons (Fsp3) is 0.333. The molecule has 0 spiro atoms. The van der Waals surface area contributed by atoms with Crippen LogP contribution in [0.5, 0.6) is 0 Å². The number of benzene rings is 1. The van der Waals surface area contributed by atoms with Gasteiger partial charge in [-0.3, -0.25) is 4.79 Å². The number of carbonyl (C=O) groups is 1. The van der Waals surface area contributed by atoms with Gasteiger partial charge in [0.15, 0.2) is 0 Å². The summed E-state index contributed by atoms with van der Waals surface area (Å²) in [6.07, 6.45) is 1.23. The second-order valence-electron chi connectivity index (χ2n) is 7.42. The van der Waals surface area contributed by atoms with Crippen LogP contribution in [0.25, 0.3) is 10.4 Å². The van der Waals surface area contributed by atoms with Crippen molar-refractivity contribution in [2.24, 2.45) is 5.92 Å². The minimum Gasteiger partial charge on any atom is -0.481 e. The molecule has 0 unspecified atom stereocenters. The summed E-state index contributed by atoms with van der Waals surface area (Å²) in [5.41, 5.74) is 0.430. The fourth-order valence-electron chi connectivity index (χ4n) is 3.65. The summed E-state index contributed by atoms with van der Waals surface area (Å²) in [6.45, 7) is 0. The SMILES string of the molecule is O=C(O)C1CCC(c2ncc(-c3cccc(Nc4nccc(C(F)(F)F)n4)c3)s2)CC1. The predicted molar refractivity (Wildman–Crippen MR) is 110 cm³/mol. The van der Waals surface area contributed by atoms with Gasteiger partial charge in [0.2, 0.25) is 5.95 Å². The fourth-order valence-corrected chi connectivity index (χ4v) is 4.74. The third-order valence-electron chi connectivity index (χ3n) is 5.30. The zero-order chi connectivity index (χ0) is 22.0. The highest BCUT2D eigenvalue weighted by Crippen LogP contribution is 2.39. The number of halogens is 3. The number of rotatable bonds is 5. The Balaban J connectivity index is 1.48. The summed E-state index contributed by atoms with van der Waals surface area (Å²) in [4.78, 5) is 24.0. The standard InChI is InChI=1S/C21H19F3N4O2S/c22-21(23,24)17-8-9-25-20(28-17)27-15-3-1-2-14(10-15)16-11-26-18(31-16)12-4-6-13(7-5-12)19(29)30/h1-3,8-13H,4-7H2,(H,29,30)(H,25,27,28). The molecule has 6 nitrogen and oxygen atoms in total. The van der Waals surface area contributed by atoms with Crippen LogP contribution < -0.4 is 5.32 Å². The number of aromatic nitrogens is 3. The largest absolute Gasteiger partial charge is 0.481 e. The van der Waals surface area contributed by atoms with E-state index in [4.69, 9.17) is 5.11 Å². The van der Waals surface area contributed by atoms with Gasteiger partial charge in [-0.15, -0.1) is 11.3 Å². The molecule has 0 amide bonds. The topological polar surface area (TPSA) is 88.0 Å². The van der Waals surface area contributed by atoms with E-state index in [0.29, 0.717) is 18.5 Å². The number of thiazole rings is 1. The van der Waals surface area contributed by atoms with E-state index in [1.807, 2.05) is 12.1 Å². The van der Waals surface area contributed by atoms with Gasteiger partial charge in [-0.05, 0) is 49.4 Å². The van der Waals surface area contributed by atoms with Crippen LogP contribution in [0.15, 0.2) is 42.7 Å². The third-order valence-corrected chi connectivity index (χ3v) is 6.51. The second-order valence-corrected chi connectivity index (χ2v) is 8.48. The van der Waals surface area contributed by atoms with E-state index in [-0.39, 0.29) is 17.8 Å². The van der Waals surface area contributed by atoms with E-state index in [1.165, 1.54) is 0 Å². The molecule has 0 saturated heterocycles. The number of alkyl halides is 3. The van der Waals surface area contributed by atoms with Crippen molar-refractivity contribution in [3.05, 3.63) is 53.4 Å². The van der Waals surface area contributed by atoms with Gasteiger partial charge in [0.05, 0.1) is 15.8 Å². The molecule has 0 radical (unpaired) electrons. The first-order valence-electron chi connectivity index (χ1n) is 9.76. The molecule has 1 saturated carbocycles. The van der Waals surface area contributed by atoms with Crippen LogP contribution in [0, 0.1) is 5.92 Å². The van der Waals surface area contributed by atoms with Crippen molar-refractivity contribution in [2.75, 3.05) is 5.32 Å². The Labute approximate surface area is 180 Å². The first-order chi connectivity index (χ1) is 14.8. The van der Waals surface area contributed by atoms with Crippen LogP contribution in [0.2, 0.25) is 0 Å². The van der Waals surface area contributed by atoms with Crippen molar-refractivity contribution in [3.8, 4) is 10.4 Å². The van der Waals surface area contributed by atoms with E-state index >= 15 is 0 Å². The predicted octanol–water partition coefficient (Wildman–Crippen LogP) is 5.72. The molecule has 1 fully saturated rings. The number of carboxylic acid groups (broad SMARTS) is 1. The molecule has 0 bridgehead atoms. The normalized spacial score (nSPS) is 19.2. The second kappa shape index (κ2) is 8.62. The molecule has 4 rings (SSSR count). The Hall–Kier alpha value is -3.01. The average molecular weight is 448 g/mol. The molecular weight excluding hydrogens is 429 g/mol. The Morgan fingerprint density at radius 1 is 1.13 bits per heavy atom. The van der Waals surface area contributed by atoms with Crippen LogP contribution in [0.1, 0.15) is 42.3 Å². The highest BCUT2D eigenvalue weighted by molar-refractivity contribution is 7.15. The van der Waals surface area contributed by atoms with E-state index in [0.717, 1.165) is 40.6 Å². The summed E-state index contributed by atoms with van der Waals surface area (Å²) in [5.74, 6) is -0.870. The molecule has 1 aromatic carbocycles. The van der Waals surface area contributed by atoms with Crippen LogP contribution in [-0.2, 0) is 11.0 Å². The van der Waals surface area contributed by atoms with Crippen molar-refractivity contribution in [1.29, 1.82) is 0 Å². The number of carboxylic acids is 1. The van der Waals surface area contributed by atoms with Gasteiger partial charge in [-0.1, -0.05) is 12.1 Å². The van der Waals surface area contributed by atoms with Crippen molar-refractivity contribution in [3.63, 3.8) is 0 Å². The molecule has 31 heavy (non-hydrogen) atoms. The van der Waals surface area contributed by atoms with Crippen molar-refractivity contribution < 1.29 is 23.1 Å². The number of hydrogen-bond acceptors (Lipinski definition) is 6. The maximum absolute atomic E-state index is 12.9. The maximum Gasteiger partial charge on any atom is 0.433 e. The smallest absolute Gasteiger partial charge is 0.433 e. The quantitative estimate of drug-likeness (QED) is 0.519. The van der Waals surface area contributed by atoms with Crippen molar-refractivity contribution >= 4 is 28.9 Å². The van der Waals surface area contributed by atoms with Gasteiger partial charge in [0.25, 0.3) is 0 Å². The third kappa shape index (κ3) is 5.01. The van der Waals surface area contributed by atoms with Crippen LogP contribution >= 0.6 is 11.3 Å². The Morgan fingerprint density at radius 2 is 1.90 bits per heavy atom. The first-order valence-corrected chi connectivity index (χ1v) is 10.6. The Morgan fingerprint density at radius 3 is 2.61 bits per heavy atom. The number of nitrogens with zero attached hydrogens (tertiary/aromatic N) is 3. The number of nitrogens with one attached hydrogen (secondary N) is 1. The molecule has 2 N–H and O–H groups in total.